The maximum absolute atomic E-state index is 13.7. The van der Waals surface area contributed by atoms with Crippen molar-refractivity contribution < 1.29 is 23.9 Å². The fourth-order valence-electron chi connectivity index (χ4n) is 4.72. The number of anilines is 1. The van der Waals surface area contributed by atoms with Crippen molar-refractivity contribution in [3.63, 3.8) is 0 Å². The zero-order valence-electron chi connectivity index (χ0n) is 19.0. The lowest BCUT2D eigenvalue weighted by atomic mass is 9.82. The lowest BCUT2D eigenvalue weighted by molar-refractivity contribution is -0.00562. The van der Waals surface area contributed by atoms with Crippen LogP contribution < -0.4 is 20.1 Å². The first-order valence-electron chi connectivity index (χ1n) is 11.1. The largest absolute Gasteiger partial charge is 0.495 e. The number of fused-ring (bicyclic) bond motifs is 2. The first-order chi connectivity index (χ1) is 16.4. The lowest BCUT2D eigenvalue weighted by Gasteiger charge is -2.44. The highest BCUT2D eigenvalue weighted by atomic mass is 32.1. The van der Waals surface area contributed by atoms with Gasteiger partial charge in [0.25, 0.3) is 5.91 Å². The molecule has 1 fully saturated rings. The molecule has 1 spiro atoms. The van der Waals surface area contributed by atoms with Gasteiger partial charge in [-0.05, 0) is 18.2 Å². The third-order valence-corrected chi connectivity index (χ3v) is 7.66. The smallest absolute Gasteiger partial charge is 0.319 e. The Morgan fingerprint density at radius 3 is 2.62 bits per heavy atom. The number of ether oxygens (including phenoxy) is 2. The number of amides is 3. The van der Waals surface area contributed by atoms with Gasteiger partial charge in [0.15, 0.2) is 5.78 Å². The number of para-hydroxylation sites is 1. The molecule has 0 radical (unpaired) electrons. The fraction of sp³-hybridized carbons (Fsp3) is 0.320. The van der Waals surface area contributed by atoms with Gasteiger partial charge in [0.2, 0.25) is 0 Å². The summed E-state index contributed by atoms with van der Waals surface area (Å²) in [5.41, 5.74) is 0.477. The molecule has 1 saturated heterocycles. The quantitative estimate of drug-likeness (QED) is 0.584. The zero-order chi connectivity index (χ0) is 23.9. The van der Waals surface area contributed by atoms with Gasteiger partial charge in [0.1, 0.15) is 22.1 Å². The number of Topliss-reactive ketones (excluding diaryl/α,β-unsaturated/α-hetero) is 1. The highest BCUT2D eigenvalue weighted by molar-refractivity contribution is 7.23. The Bertz CT molecular complexity index is 1290. The molecule has 34 heavy (non-hydrogen) atoms. The Balaban J connectivity index is 1.42. The second-order valence-electron chi connectivity index (χ2n) is 8.52. The maximum Gasteiger partial charge on any atom is 0.319 e. The van der Waals surface area contributed by atoms with Gasteiger partial charge in [0, 0.05) is 38.4 Å². The van der Waals surface area contributed by atoms with Crippen LogP contribution in [0.2, 0.25) is 0 Å². The van der Waals surface area contributed by atoms with E-state index in [1.165, 1.54) is 18.4 Å². The van der Waals surface area contributed by atoms with Gasteiger partial charge in [-0.2, -0.15) is 0 Å². The van der Waals surface area contributed by atoms with E-state index in [9.17, 15) is 14.4 Å². The van der Waals surface area contributed by atoms with E-state index in [1.807, 2.05) is 36.4 Å². The molecule has 1 aromatic heterocycles. The van der Waals surface area contributed by atoms with Gasteiger partial charge in [-0.15, -0.1) is 11.3 Å². The number of hydrogen-bond acceptors (Lipinski definition) is 6. The molecule has 2 aliphatic rings. The molecular formula is C25H25N3O5S. The molecule has 0 bridgehead atoms. The molecule has 8 nitrogen and oxygen atoms in total. The van der Waals surface area contributed by atoms with Crippen LogP contribution in [0.3, 0.4) is 0 Å². The summed E-state index contributed by atoms with van der Waals surface area (Å²) < 4.78 is 12.6. The number of likely N-dealkylation sites (tertiary alicyclic amines) is 1. The number of urea groups is 1. The van der Waals surface area contributed by atoms with Gasteiger partial charge in [0.05, 0.1) is 29.4 Å². The molecule has 2 aliphatic heterocycles. The van der Waals surface area contributed by atoms with Crippen molar-refractivity contribution in [1.29, 1.82) is 0 Å². The van der Waals surface area contributed by atoms with Crippen molar-refractivity contribution in [3.8, 4) is 11.5 Å². The van der Waals surface area contributed by atoms with Crippen LogP contribution in [-0.4, -0.2) is 55.5 Å². The molecule has 3 heterocycles. The molecule has 0 atom stereocenters. The number of benzene rings is 2. The molecule has 9 heteroatoms. The van der Waals surface area contributed by atoms with Crippen LogP contribution in [0.4, 0.5) is 9.80 Å². The van der Waals surface area contributed by atoms with E-state index in [0.717, 1.165) is 10.1 Å². The minimum atomic E-state index is -0.592. The summed E-state index contributed by atoms with van der Waals surface area (Å²) in [4.78, 5) is 40.3. The van der Waals surface area contributed by atoms with Crippen molar-refractivity contribution in [2.24, 2.45) is 0 Å². The predicted molar refractivity (Wildman–Crippen MR) is 130 cm³/mol. The van der Waals surface area contributed by atoms with Crippen LogP contribution in [0.1, 0.15) is 40.0 Å². The van der Waals surface area contributed by atoms with E-state index in [-0.39, 0.29) is 11.7 Å². The van der Waals surface area contributed by atoms with Crippen LogP contribution in [0.25, 0.3) is 10.1 Å². The summed E-state index contributed by atoms with van der Waals surface area (Å²) in [5.74, 6) is 1.18. The van der Waals surface area contributed by atoms with E-state index >= 15 is 0 Å². The van der Waals surface area contributed by atoms with E-state index in [4.69, 9.17) is 9.47 Å². The Kier molecular flexibility index (Phi) is 5.65. The Morgan fingerprint density at radius 2 is 1.88 bits per heavy atom. The van der Waals surface area contributed by atoms with Gasteiger partial charge in [-0.3, -0.25) is 14.9 Å². The third kappa shape index (κ3) is 3.75. The molecule has 176 valence electrons. The normalized spacial score (nSPS) is 16.6. The number of rotatable bonds is 3. The van der Waals surface area contributed by atoms with Crippen molar-refractivity contribution in [1.82, 2.24) is 10.2 Å². The molecule has 5 rings (SSSR count). The van der Waals surface area contributed by atoms with Crippen LogP contribution in [0, 0.1) is 0 Å². The van der Waals surface area contributed by atoms with Crippen LogP contribution >= 0.6 is 11.3 Å². The number of hydrogen-bond donors (Lipinski definition) is 2. The molecule has 2 N–H and O–H groups in total. The molecule has 0 saturated carbocycles. The number of methoxy groups -OCH3 is 1. The zero-order valence-corrected chi connectivity index (χ0v) is 19.8. The summed E-state index contributed by atoms with van der Waals surface area (Å²) in [7, 11) is 3.11. The topological polar surface area (TPSA) is 97.0 Å². The number of nitrogens with zero attached hydrogens (tertiary/aromatic N) is 1. The van der Waals surface area contributed by atoms with E-state index in [2.05, 4.69) is 10.6 Å². The van der Waals surface area contributed by atoms with Crippen molar-refractivity contribution in [2.75, 3.05) is 32.6 Å². The molecule has 0 unspecified atom stereocenters. The number of carbonyl (C=O) groups is 3. The number of piperidine rings is 1. The average Bonchev–Trinajstić information content (AvgIpc) is 3.21. The van der Waals surface area contributed by atoms with Crippen LogP contribution in [0.15, 0.2) is 42.5 Å². The monoisotopic (exact) mass is 479 g/mol. The van der Waals surface area contributed by atoms with Crippen molar-refractivity contribution in [3.05, 3.63) is 53.6 Å². The van der Waals surface area contributed by atoms with Gasteiger partial charge in [-0.25, -0.2) is 4.79 Å². The Hall–Kier alpha value is -3.59. The number of nitrogens with one attached hydrogen (secondary N) is 2. The van der Waals surface area contributed by atoms with Crippen LogP contribution in [-0.2, 0) is 0 Å². The Morgan fingerprint density at radius 1 is 1.12 bits per heavy atom. The molecule has 2 aromatic carbocycles. The fourth-order valence-corrected chi connectivity index (χ4v) is 5.90. The minimum absolute atomic E-state index is 0.0783. The molecule has 3 amide bonds. The maximum atomic E-state index is 13.7. The van der Waals surface area contributed by atoms with Crippen molar-refractivity contribution in [2.45, 2.75) is 24.9 Å². The third-order valence-electron chi connectivity index (χ3n) is 6.53. The van der Waals surface area contributed by atoms with E-state index < -0.39 is 11.6 Å². The number of carbonyl (C=O) groups excluding carboxylic acids is 3. The Labute approximate surface area is 200 Å². The summed E-state index contributed by atoms with van der Waals surface area (Å²) in [6.45, 7) is 0.907. The SMILES string of the molecule is CNC(=O)Nc1sc2c(OC)cccc2c1C(=O)N1CCC2(CC1)CC(=O)c1ccccc1O2. The molecular weight excluding hydrogens is 454 g/mol. The van der Waals surface area contributed by atoms with E-state index in [0.29, 0.717) is 60.0 Å². The lowest BCUT2D eigenvalue weighted by Crippen LogP contribution is -2.52. The average molecular weight is 480 g/mol. The highest BCUT2D eigenvalue weighted by Gasteiger charge is 2.44. The summed E-state index contributed by atoms with van der Waals surface area (Å²) in [6.07, 6.45) is 1.43. The second-order valence-corrected chi connectivity index (χ2v) is 9.54. The predicted octanol–water partition coefficient (Wildman–Crippen LogP) is 4.30. The highest BCUT2D eigenvalue weighted by Crippen LogP contribution is 2.43. The van der Waals surface area contributed by atoms with Gasteiger partial charge >= 0.3 is 6.03 Å². The van der Waals surface area contributed by atoms with Crippen LogP contribution in [0.5, 0.6) is 11.5 Å². The minimum Gasteiger partial charge on any atom is -0.495 e. The second kappa shape index (κ2) is 8.64. The van der Waals surface area contributed by atoms with Gasteiger partial charge < -0.3 is 19.7 Å². The van der Waals surface area contributed by atoms with Crippen molar-refractivity contribution >= 4 is 44.1 Å². The standard InChI is InChI=1S/C25H25N3O5S/c1-26-24(31)27-22-20(16-7-5-9-19(32-2)21(16)34-22)23(30)28-12-10-25(11-13-28)14-17(29)15-6-3-4-8-18(15)33-25/h3-9H,10-14H2,1-2H3,(H2,26,27,31). The summed E-state index contributed by atoms with van der Waals surface area (Å²) >= 11 is 1.31. The summed E-state index contributed by atoms with van der Waals surface area (Å²) in [6, 6.07) is 12.4. The number of thiophene rings is 1. The number of ketones is 1. The van der Waals surface area contributed by atoms with E-state index in [1.54, 1.807) is 18.1 Å². The first kappa shape index (κ1) is 22.2. The first-order valence-corrected chi connectivity index (χ1v) is 11.9. The molecule has 3 aromatic rings. The summed E-state index contributed by atoms with van der Waals surface area (Å²) in [5, 5.41) is 6.54. The molecule has 0 aliphatic carbocycles. The van der Waals surface area contributed by atoms with Gasteiger partial charge in [-0.1, -0.05) is 24.3 Å².